The zero-order valence-corrected chi connectivity index (χ0v) is 20.2. The Balaban J connectivity index is 4.00. The van der Waals surface area contributed by atoms with Gasteiger partial charge in [0, 0.05) is 19.8 Å². The van der Waals surface area contributed by atoms with Crippen molar-refractivity contribution in [3.63, 3.8) is 0 Å². The van der Waals surface area contributed by atoms with Crippen molar-refractivity contribution in [3.8, 4) is 0 Å². The SMILES string of the molecule is CCC(CC)(CCCCO)CCCCOCCCCC(CC)(CC)OP(=O)(O)O. The average Bonchev–Trinajstić information content (AvgIpc) is 2.69. The molecule has 0 spiro atoms. The van der Waals surface area contributed by atoms with E-state index in [-0.39, 0.29) is 0 Å². The quantitative estimate of drug-likeness (QED) is 0.160. The molecule has 0 aromatic carbocycles. The predicted molar refractivity (Wildman–Crippen MR) is 119 cm³/mol. The van der Waals surface area contributed by atoms with Gasteiger partial charge in [0.05, 0.1) is 5.60 Å². The highest BCUT2D eigenvalue weighted by Gasteiger charge is 2.34. The Hall–Kier alpha value is 0.0300. The first kappa shape index (κ1) is 29.0. The second-order valence-corrected chi connectivity index (χ2v) is 9.55. The Labute approximate surface area is 179 Å². The van der Waals surface area contributed by atoms with E-state index in [1.165, 1.54) is 32.1 Å². The third-order valence-electron chi connectivity index (χ3n) is 6.63. The molecular weight excluding hydrogens is 391 g/mol. The van der Waals surface area contributed by atoms with Gasteiger partial charge in [0.15, 0.2) is 0 Å². The second kappa shape index (κ2) is 15.8. The maximum Gasteiger partial charge on any atom is 0.470 e. The number of phosphoric ester groups is 1. The monoisotopic (exact) mass is 438 g/mol. The largest absolute Gasteiger partial charge is 0.470 e. The summed E-state index contributed by atoms with van der Waals surface area (Å²) in [5.74, 6) is 0. The highest BCUT2D eigenvalue weighted by atomic mass is 31.2. The van der Waals surface area contributed by atoms with Gasteiger partial charge in [-0.1, -0.05) is 53.4 Å². The molecule has 0 rings (SSSR count). The van der Waals surface area contributed by atoms with E-state index in [1.807, 2.05) is 13.8 Å². The highest BCUT2D eigenvalue weighted by Crippen LogP contribution is 2.45. The van der Waals surface area contributed by atoms with Crippen LogP contribution in [0.1, 0.15) is 111 Å². The fraction of sp³-hybridized carbons (Fsp3) is 1.00. The van der Waals surface area contributed by atoms with E-state index in [2.05, 4.69) is 13.8 Å². The molecule has 0 atom stereocenters. The number of phosphoric acid groups is 1. The molecule has 0 aliphatic heterocycles. The number of aliphatic hydroxyl groups is 1. The molecular formula is C22H47O6P. The summed E-state index contributed by atoms with van der Waals surface area (Å²) in [7, 11) is -4.47. The van der Waals surface area contributed by atoms with Crippen molar-refractivity contribution in [2.45, 2.75) is 117 Å². The summed E-state index contributed by atoms with van der Waals surface area (Å²) in [5, 5.41) is 9.01. The van der Waals surface area contributed by atoms with Crippen molar-refractivity contribution in [2.75, 3.05) is 19.8 Å². The van der Waals surface area contributed by atoms with Crippen LogP contribution in [0.2, 0.25) is 0 Å². The lowest BCUT2D eigenvalue weighted by atomic mass is 9.74. The fourth-order valence-corrected chi connectivity index (χ4v) is 5.04. The summed E-state index contributed by atoms with van der Waals surface area (Å²) in [6, 6.07) is 0. The minimum atomic E-state index is -4.47. The van der Waals surface area contributed by atoms with Crippen LogP contribution in [-0.4, -0.2) is 40.3 Å². The van der Waals surface area contributed by atoms with Crippen molar-refractivity contribution < 1.29 is 28.7 Å². The number of rotatable bonds is 20. The van der Waals surface area contributed by atoms with Crippen molar-refractivity contribution in [2.24, 2.45) is 5.41 Å². The summed E-state index contributed by atoms with van der Waals surface area (Å²) in [4.78, 5) is 18.3. The molecule has 0 bridgehead atoms. The van der Waals surface area contributed by atoms with Gasteiger partial charge in [0.25, 0.3) is 0 Å². The smallest absolute Gasteiger partial charge is 0.396 e. The Bertz CT molecular complexity index is 429. The molecule has 0 saturated carbocycles. The number of aliphatic hydroxyl groups excluding tert-OH is 1. The first-order valence-electron chi connectivity index (χ1n) is 11.7. The van der Waals surface area contributed by atoms with Gasteiger partial charge in [0.1, 0.15) is 0 Å². The van der Waals surface area contributed by atoms with E-state index < -0.39 is 13.4 Å². The number of hydrogen-bond donors (Lipinski definition) is 3. The Kier molecular flexibility index (Phi) is 15.8. The van der Waals surface area contributed by atoms with Crippen molar-refractivity contribution in [1.29, 1.82) is 0 Å². The summed E-state index contributed by atoms with van der Waals surface area (Å²) >= 11 is 0. The number of hydrogen-bond acceptors (Lipinski definition) is 4. The van der Waals surface area contributed by atoms with Crippen LogP contribution in [0.5, 0.6) is 0 Å². The molecule has 7 heteroatoms. The van der Waals surface area contributed by atoms with Gasteiger partial charge in [0.2, 0.25) is 0 Å². The van der Waals surface area contributed by atoms with Crippen LogP contribution >= 0.6 is 7.82 Å². The van der Waals surface area contributed by atoms with Crippen LogP contribution in [0.4, 0.5) is 0 Å². The molecule has 0 aromatic heterocycles. The van der Waals surface area contributed by atoms with Crippen molar-refractivity contribution >= 4 is 7.82 Å². The summed E-state index contributed by atoms with van der Waals surface area (Å²) in [5.41, 5.74) is -0.323. The van der Waals surface area contributed by atoms with Gasteiger partial charge in [-0.2, -0.15) is 0 Å². The van der Waals surface area contributed by atoms with E-state index in [9.17, 15) is 4.57 Å². The topological polar surface area (TPSA) is 96.2 Å². The highest BCUT2D eigenvalue weighted by molar-refractivity contribution is 7.46. The molecule has 176 valence electrons. The molecule has 0 aliphatic carbocycles. The summed E-state index contributed by atoms with van der Waals surface area (Å²) < 4.78 is 22.1. The maximum absolute atomic E-state index is 11.2. The zero-order chi connectivity index (χ0) is 22.2. The van der Waals surface area contributed by atoms with Gasteiger partial charge in [-0.05, 0) is 63.2 Å². The van der Waals surface area contributed by atoms with Crippen LogP contribution in [0.3, 0.4) is 0 Å². The standard InChI is InChI=1S/C22H47O6P/c1-5-21(6-2,15-9-12-18-23)16-10-13-19-27-20-14-11-17-22(7-3,8-4)28-29(24,25)26/h23H,5-20H2,1-4H3,(H2,24,25,26). The van der Waals surface area contributed by atoms with Gasteiger partial charge in [-0.3, -0.25) is 4.52 Å². The molecule has 0 unspecified atom stereocenters. The van der Waals surface area contributed by atoms with Gasteiger partial charge < -0.3 is 19.6 Å². The number of unbranched alkanes of at least 4 members (excludes halogenated alkanes) is 3. The van der Waals surface area contributed by atoms with Gasteiger partial charge in [-0.25, -0.2) is 4.57 Å². The Morgan fingerprint density at radius 1 is 0.724 bits per heavy atom. The molecule has 0 radical (unpaired) electrons. The lowest BCUT2D eigenvalue weighted by Crippen LogP contribution is -2.30. The van der Waals surface area contributed by atoms with Gasteiger partial charge in [-0.15, -0.1) is 0 Å². The summed E-state index contributed by atoms with van der Waals surface area (Å²) in [6.07, 6.45) is 12.6. The molecule has 0 saturated heterocycles. The van der Waals surface area contributed by atoms with Crippen LogP contribution in [-0.2, 0) is 13.8 Å². The molecule has 0 amide bonds. The molecule has 0 heterocycles. The average molecular weight is 439 g/mol. The molecule has 29 heavy (non-hydrogen) atoms. The van der Waals surface area contributed by atoms with Crippen molar-refractivity contribution in [1.82, 2.24) is 0 Å². The van der Waals surface area contributed by atoms with Crippen LogP contribution in [0.25, 0.3) is 0 Å². The molecule has 3 N–H and O–H groups in total. The second-order valence-electron chi connectivity index (χ2n) is 8.39. The molecule has 0 aromatic rings. The van der Waals surface area contributed by atoms with Crippen LogP contribution in [0.15, 0.2) is 0 Å². The van der Waals surface area contributed by atoms with Crippen molar-refractivity contribution in [3.05, 3.63) is 0 Å². The van der Waals surface area contributed by atoms with E-state index >= 15 is 0 Å². The Morgan fingerprint density at radius 3 is 1.62 bits per heavy atom. The predicted octanol–water partition coefficient (Wildman–Crippen LogP) is 5.98. The fourth-order valence-electron chi connectivity index (χ4n) is 4.18. The summed E-state index contributed by atoms with van der Waals surface area (Å²) in [6.45, 7) is 10.1. The first-order valence-corrected chi connectivity index (χ1v) is 13.2. The Morgan fingerprint density at radius 2 is 1.21 bits per heavy atom. The van der Waals surface area contributed by atoms with E-state index in [1.54, 1.807) is 0 Å². The van der Waals surface area contributed by atoms with E-state index in [4.69, 9.17) is 24.2 Å². The molecule has 0 fully saturated rings. The van der Waals surface area contributed by atoms with Gasteiger partial charge >= 0.3 is 7.82 Å². The third kappa shape index (κ3) is 13.1. The normalized spacial score (nSPS) is 13.2. The van der Waals surface area contributed by atoms with Crippen LogP contribution in [0, 0.1) is 5.41 Å². The maximum atomic E-state index is 11.2. The molecule has 0 aliphatic rings. The molecule has 6 nitrogen and oxygen atoms in total. The van der Waals surface area contributed by atoms with Crippen LogP contribution < -0.4 is 0 Å². The zero-order valence-electron chi connectivity index (χ0n) is 19.3. The minimum Gasteiger partial charge on any atom is -0.396 e. The minimum absolute atomic E-state index is 0.292. The lowest BCUT2D eigenvalue weighted by Gasteiger charge is -2.32. The number of ether oxygens (including phenoxy) is 1. The third-order valence-corrected chi connectivity index (χ3v) is 7.26. The lowest BCUT2D eigenvalue weighted by molar-refractivity contribution is 0.0153. The van der Waals surface area contributed by atoms with E-state index in [0.29, 0.717) is 37.9 Å². The van der Waals surface area contributed by atoms with E-state index in [0.717, 1.165) is 38.7 Å². The first-order chi connectivity index (χ1) is 13.7.